The summed E-state index contributed by atoms with van der Waals surface area (Å²) in [4.78, 5) is 0. The molecule has 2 aliphatic carbocycles. The zero-order chi connectivity index (χ0) is 29.4. The van der Waals surface area contributed by atoms with Crippen LogP contribution in [0.1, 0.15) is 76.7 Å². The van der Waals surface area contributed by atoms with Gasteiger partial charge in [0.1, 0.15) is 0 Å². The number of aryl methyl sites for hydroxylation is 6. The van der Waals surface area contributed by atoms with Crippen LogP contribution < -0.4 is 24.8 Å². The number of benzene rings is 4. The average Bonchev–Trinajstić information content (AvgIpc) is 3.52. The molecule has 0 aromatic heterocycles. The molecule has 0 aliphatic heterocycles. The third-order valence-electron chi connectivity index (χ3n) is 9.67. The Labute approximate surface area is 286 Å². The molecule has 0 N–H and O–H groups in total. The maximum Gasteiger partial charge on any atom is -1.00 e. The van der Waals surface area contributed by atoms with E-state index in [1.54, 1.807) is 44.5 Å². The number of hydrogen-bond donors (Lipinski definition) is 0. The predicted octanol–water partition coefficient (Wildman–Crippen LogP) is 4.37. The standard InChI is InChI=1S/2C19H19.C2H6Si.2ClH.Zr/c2*1-14-12-18-15(2)8-10-17(19(18)13-14)11-9-16-6-4-3-5-7-16;1-3-2;;;/h2*3-8,10,12-13H,9,11H2,1-2H3;1-2H3;2*1H;/q;;;;;+2/p-2. The van der Waals surface area contributed by atoms with Gasteiger partial charge in [-0.15, -0.1) is 0 Å². The van der Waals surface area contributed by atoms with Gasteiger partial charge >= 0.3 is 263 Å². The van der Waals surface area contributed by atoms with Crippen molar-refractivity contribution in [3.05, 3.63) is 152 Å². The Bertz CT molecular complexity index is 1610. The van der Waals surface area contributed by atoms with Crippen molar-refractivity contribution in [3.63, 3.8) is 0 Å². The van der Waals surface area contributed by atoms with Gasteiger partial charge in [-0.3, -0.25) is 0 Å². The molecule has 0 saturated heterocycles. The summed E-state index contributed by atoms with van der Waals surface area (Å²) in [6, 6.07) is 31.8. The minimum atomic E-state index is -2.09. The van der Waals surface area contributed by atoms with Crippen LogP contribution in [0.25, 0.3) is 12.2 Å². The van der Waals surface area contributed by atoms with Crippen molar-refractivity contribution < 1.29 is 45.2 Å². The maximum absolute atomic E-state index is 2.65. The molecule has 0 saturated carbocycles. The number of rotatable bonds is 8. The molecule has 0 spiro atoms. The normalized spacial score (nSPS) is 16.0. The van der Waals surface area contributed by atoms with Crippen molar-refractivity contribution in [2.45, 2.75) is 73.7 Å². The Morgan fingerprint density at radius 1 is 0.523 bits per heavy atom. The van der Waals surface area contributed by atoms with Crippen molar-refractivity contribution in [1.29, 1.82) is 0 Å². The molecule has 6 rings (SSSR count). The summed E-state index contributed by atoms with van der Waals surface area (Å²) in [5, 5.41) is 0. The van der Waals surface area contributed by atoms with Crippen LogP contribution in [-0.4, -0.2) is 5.43 Å². The van der Waals surface area contributed by atoms with Crippen LogP contribution in [0.5, 0.6) is 0 Å². The van der Waals surface area contributed by atoms with Gasteiger partial charge in [0, 0.05) is 0 Å². The van der Waals surface area contributed by atoms with Crippen LogP contribution in [-0.2, 0) is 46.1 Å². The molecule has 0 heterocycles. The van der Waals surface area contributed by atoms with Crippen LogP contribution in [0.15, 0.2) is 96.1 Å². The molecule has 2 unspecified atom stereocenters. The summed E-state index contributed by atoms with van der Waals surface area (Å²) < 4.78 is 1.38. The number of allylic oxidation sites excluding steroid dienone is 2. The summed E-state index contributed by atoms with van der Waals surface area (Å²) in [7, 11) is 0. The fourth-order valence-corrected chi connectivity index (χ4v) is 28.7. The van der Waals surface area contributed by atoms with E-state index in [9.17, 15) is 0 Å². The number of fused-ring (bicyclic) bond motifs is 2. The van der Waals surface area contributed by atoms with Gasteiger partial charge in [-0.1, -0.05) is 0 Å². The first-order valence-corrected chi connectivity index (χ1v) is 24.7. The fourth-order valence-electron chi connectivity index (χ4n) is 7.59. The van der Waals surface area contributed by atoms with Gasteiger partial charge in [0.05, 0.1) is 0 Å². The van der Waals surface area contributed by atoms with Gasteiger partial charge in [0.25, 0.3) is 0 Å². The first-order valence-electron chi connectivity index (χ1n) is 15.7. The van der Waals surface area contributed by atoms with E-state index < -0.39 is 25.8 Å². The Balaban J connectivity index is 0.00000221. The first-order chi connectivity index (χ1) is 20.3. The second-order valence-corrected chi connectivity index (χ2v) is 30.7. The molecule has 4 heteroatoms. The first kappa shape index (κ1) is 34.9. The Kier molecular flexibility index (Phi) is 12.0. The topological polar surface area (TPSA) is 0 Å². The summed E-state index contributed by atoms with van der Waals surface area (Å²) in [5.74, 6) is 0. The molecule has 4 aromatic carbocycles. The van der Waals surface area contributed by atoms with Crippen LogP contribution in [0.2, 0.25) is 13.1 Å². The molecule has 0 radical (unpaired) electrons. The van der Waals surface area contributed by atoms with Crippen molar-refractivity contribution in [2.24, 2.45) is 0 Å². The Hall–Kier alpha value is -1.96. The van der Waals surface area contributed by atoms with E-state index in [-0.39, 0.29) is 24.8 Å². The molecule has 226 valence electrons. The van der Waals surface area contributed by atoms with Gasteiger partial charge in [-0.05, 0) is 0 Å². The minimum absolute atomic E-state index is 0. The largest absolute Gasteiger partial charge is 1.00 e. The van der Waals surface area contributed by atoms with Crippen LogP contribution in [0, 0.1) is 13.8 Å². The van der Waals surface area contributed by atoms with Crippen molar-refractivity contribution >= 4 is 17.6 Å². The molecule has 2 aliphatic rings. The third kappa shape index (κ3) is 6.90. The van der Waals surface area contributed by atoms with Crippen LogP contribution >= 0.6 is 0 Å². The molecule has 0 fully saturated rings. The van der Waals surface area contributed by atoms with E-state index in [1.165, 1.54) is 22.3 Å². The molecule has 44 heavy (non-hydrogen) atoms. The second-order valence-electron chi connectivity index (χ2n) is 12.8. The van der Waals surface area contributed by atoms with E-state index in [0.717, 1.165) is 25.7 Å². The smallest absolute Gasteiger partial charge is 1.00 e. The fraction of sp³-hybridized carbons (Fsp3) is 0.300. The zero-order valence-corrected chi connectivity index (χ0v) is 31.9. The molecule has 4 aromatic rings. The van der Waals surface area contributed by atoms with E-state index in [1.807, 2.05) is 0 Å². The minimum Gasteiger partial charge on any atom is -1.00 e. The number of hydrogen-bond acceptors (Lipinski definition) is 0. The van der Waals surface area contributed by atoms with Crippen molar-refractivity contribution in [1.82, 2.24) is 0 Å². The SMILES string of the molecule is CC1=Cc2c(CCc3ccccc3)ccc(C)c2[CH]1[Zr+2]([CH]1C(C)=Cc2c(CCc3ccccc3)ccc(C)c21)=[Si](C)C.[Cl-].[Cl-]. The molecule has 0 nitrogen and oxygen atoms in total. The van der Waals surface area contributed by atoms with Gasteiger partial charge < -0.3 is 24.8 Å². The predicted molar refractivity (Wildman–Crippen MR) is 180 cm³/mol. The summed E-state index contributed by atoms with van der Waals surface area (Å²) >= 11 is -2.09. The van der Waals surface area contributed by atoms with E-state index in [2.05, 4.69) is 138 Å². The van der Waals surface area contributed by atoms with Gasteiger partial charge in [0.15, 0.2) is 0 Å². The van der Waals surface area contributed by atoms with Gasteiger partial charge in [0.2, 0.25) is 0 Å². The molecular weight excluding hydrogens is 671 g/mol. The second kappa shape index (κ2) is 15.1. The summed E-state index contributed by atoms with van der Waals surface area (Å²) in [6.45, 7) is 15.0. The van der Waals surface area contributed by atoms with Crippen molar-refractivity contribution in [3.8, 4) is 0 Å². The average molecular weight is 715 g/mol. The summed E-state index contributed by atoms with van der Waals surface area (Å²) in [5.41, 5.74) is 18.4. The Morgan fingerprint density at radius 2 is 0.909 bits per heavy atom. The maximum atomic E-state index is 2.65. The number of halogens is 2. The molecule has 0 amide bonds. The molecule has 2 atom stereocenters. The van der Waals surface area contributed by atoms with Crippen molar-refractivity contribution in [2.75, 3.05) is 0 Å². The quantitative estimate of drug-likeness (QED) is 0.238. The van der Waals surface area contributed by atoms with E-state index in [4.69, 9.17) is 0 Å². The van der Waals surface area contributed by atoms with Gasteiger partial charge in [-0.2, -0.15) is 0 Å². The third-order valence-corrected chi connectivity index (χ3v) is 29.5. The monoisotopic (exact) mass is 712 g/mol. The van der Waals surface area contributed by atoms with E-state index in [0.29, 0.717) is 7.25 Å². The Morgan fingerprint density at radius 3 is 1.27 bits per heavy atom. The van der Waals surface area contributed by atoms with E-state index >= 15 is 0 Å². The van der Waals surface area contributed by atoms with Crippen LogP contribution in [0.4, 0.5) is 0 Å². The molecular formula is C40H44Cl2SiZr. The van der Waals surface area contributed by atoms with Gasteiger partial charge in [-0.25, -0.2) is 0 Å². The molecule has 0 bridgehead atoms. The zero-order valence-electron chi connectivity index (χ0n) is 27.0. The summed E-state index contributed by atoms with van der Waals surface area (Å²) in [6.07, 6.45) is 9.67. The van der Waals surface area contributed by atoms with Crippen LogP contribution in [0.3, 0.4) is 0 Å².